The van der Waals surface area contributed by atoms with Gasteiger partial charge in [-0.1, -0.05) is 13.8 Å². The van der Waals surface area contributed by atoms with Crippen molar-refractivity contribution in [3.63, 3.8) is 0 Å². The molecule has 1 saturated heterocycles. The van der Waals surface area contributed by atoms with Crippen LogP contribution in [0.1, 0.15) is 26.7 Å². The largest absolute Gasteiger partial charge is 0.394 e. The number of nitrogens with two attached hydrogens (primary N) is 1. The quantitative estimate of drug-likeness (QED) is 0.671. The summed E-state index contributed by atoms with van der Waals surface area (Å²) < 4.78 is 0. The van der Waals surface area contributed by atoms with Crippen LogP contribution in [0.3, 0.4) is 0 Å². The zero-order valence-electron chi connectivity index (χ0n) is 8.94. The number of carbonyl (C=O) groups excluding carboxylic acids is 1. The van der Waals surface area contributed by atoms with Gasteiger partial charge in [0, 0.05) is 6.54 Å². The maximum absolute atomic E-state index is 11.8. The summed E-state index contributed by atoms with van der Waals surface area (Å²) in [5.74, 6) is 0.138. The number of aliphatic hydroxyl groups excluding tert-OH is 1. The lowest BCUT2D eigenvalue weighted by molar-refractivity contribution is -0.135. The number of hydrogen-bond acceptors (Lipinski definition) is 3. The fraction of sp³-hybridized carbons (Fsp3) is 0.900. The lowest BCUT2D eigenvalue weighted by Crippen LogP contribution is -2.49. The van der Waals surface area contributed by atoms with E-state index in [2.05, 4.69) is 0 Å². The second-order valence-electron chi connectivity index (χ2n) is 4.28. The fourth-order valence-electron chi connectivity index (χ4n) is 1.79. The van der Waals surface area contributed by atoms with E-state index < -0.39 is 6.04 Å². The molecule has 0 aromatic heterocycles. The molecule has 1 unspecified atom stereocenters. The number of nitrogens with zero attached hydrogens (tertiary/aromatic N) is 1. The van der Waals surface area contributed by atoms with Gasteiger partial charge in [-0.3, -0.25) is 4.79 Å². The molecule has 1 rings (SSSR count). The number of rotatable bonds is 3. The molecular formula is C10H20N2O2. The second-order valence-corrected chi connectivity index (χ2v) is 4.28. The first-order valence-corrected chi connectivity index (χ1v) is 5.24. The average Bonchev–Trinajstić information content (AvgIpc) is 2.62. The SMILES string of the molecule is CC(C)C(N)C(=O)N1CCC[C@H]1CO. The van der Waals surface area contributed by atoms with Crippen LogP contribution < -0.4 is 5.73 Å². The first-order chi connectivity index (χ1) is 6.57. The Morgan fingerprint density at radius 1 is 1.64 bits per heavy atom. The summed E-state index contributed by atoms with van der Waals surface area (Å²) in [6.45, 7) is 4.67. The highest BCUT2D eigenvalue weighted by Crippen LogP contribution is 2.18. The molecule has 0 spiro atoms. The molecule has 0 aromatic carbocycles. The molecule has 2 atom stereocenters. The molecule has 0 saturated carbocycles. The Hall–Kier alpha value is -0.610. The highest BCUT2D eigenvalue weighted by atomic mass is 16.3. The summed E-state index contributed by atoms with van der Waals surface area (Å²) in [5.41, 5.74) is 5.78. The van der Waals surface area contributed by atoms with E-state index in [1.165, 1.54) is 0 Å². The van der Waals surface area contributed by atoms with E-state index in [1.807, 2.05) is 13.8 Å². The van der Waals surface area contributed by atoms with E-state index in [0.717, 1.165) is 19.4 Å². The van der Waals surface area contributed by atoms with Gasteiger partial charge in [0.1, 0.15) is 0 Å². The third-order valence-corrected chi connectivity index (χ3v) is 2.87. The summed E-state index contributed by atoms with van der Waals surface area (Å²) in [4.78, 5) is 13.6. The van der Waals surface area contributed by atoms with Gasteiger partial charge in [0.05, 0.1) is 18.7 Å². The van der Waals surface area contributed by atoms with E-state index >= 15 is 0 Å². The molecule has 0 aliphatic carbocycles. The molecule has 3 N–H and O–H groups in total. The molecule has 1 aliphatic heterocycles. The summed E-state index contributed by atoms with van der Waals surface area (Å²) in [6, 6.07) is -0.436. The van der Waals surface area contributed by atoms with Crippen LogP contribution in [0.15, 0.2) is 0 Å². The lowest BCUT2D eigenvalue weighted by atomic mass is 10.0. The van der Waals surface area contributed by atoms with Crippen molar-refractivity contribution in [3.8, 4) is 0 Å². The predicted molar refractivity (Wildman–Crippen MR) is 54.6 cm³/mol. The van der Waals surface area contributed by atoms with E-state index in [0.29, 0.717) is 0 Å². The number of carbonyl (C=O) groups is 1. The molecule has 0 bridgehead atoms. The first-order valence-electron chi connectivity index (χ1n) is 5.24. The molecule has 4 nitrogen and oxygen atoms in total. The molecule has 14 heavy (non-hydrogen) atoms. The molecule has 0 radical (unpaired) electrons. The van der Waals surface area contributed by atoms with Gasteiger partial charge >= 0.3 is 0 Å². The maximum Gasteiger partial charge on any atom is 0.240 e. The Bertz CT molecular complexity index is 206. The molecule has 82 valence electrons. The van der Waals surface area contributed by atoms with Crippen LogP contribution in [0.2, 0.25) is 0 Å². The molecule has 1 aliphatic rings. The first kappa shape index (κ1) is 11.5. The normalized spacial score (nSPS) is 24.4. The van der Waals surface area contributed by atoms with E-state index in [4.69, 9.17) is 10.8 Å². The van der Waals surface area contributed by atoms with Crippen molar-refractivity contribution in [3.05, 3.63) is 0 Å². The Balaban J connectivity index is 2.59. The Labute approximate surface area is 85.1 Å². The van der Waals surface area contributed by atoms with Gasteiger partial charge in [-0.25, -0.2) is 0 Å². The van der Waals surface area contributed by atoms with Gasteiger partial charge in [0.2, 0.25) is 5.91 Å². The van der Waals surface area contributed by atoms with Crippen LogP contribution in [-0.2, 0) is 4.79 Å². The van der Waals surface area contributed by atoms with Crippen molar-refractivity contribution >= 4 is 5.91 Å². The number of amides is 1. The number of likely N-dealkylation sites (tertiary alicyclic amines) is 1. The smallest absolute Gasteiger partial charge is 0.240 e. The highest BCUT2D eigenvalue weighted by molar-refractivity contribution is 5.82. The van der Waals surface area contributed by atoms with Gasteiger partial charge < -0.3 is 15.7 Å². The summed E-state index contributed by atoms with van der Waals surface area (Å²) in [7, 11) is 0. The molecule has 4 heteroatoms. The molecule has 0 aromatic rings. The van der Waals surface area contributed by atoms with Crippen molar-refractivity contribution in [1.29, 1.82) is 0 Å². The van der Waals surface area contributed by atoms with E-state index in [1.54, 1.807) is 4.90 Å². The van der Waals surface area contributed by atoms with E-state index in [9.17, 15) is 4.79 Å². The maximum atomic E-state index is 11.8. The van der Waals surface area contributed by atoms with Crippen LogP contribution >= 0.6 is 0 Å². The van der Waals surface area contributed by atoms with Gasteiger partial charge in [0.15, 0.2) is 0 Å². The Morgan fingerprint density at radius 2 is 2.29 bits per heavy atom. The minimum absolute atomic E-state index is 0.00713. The molecule has 1 heterocycles. The summed E-state index contributed by atoms with van der Waals surface area (Å²) in [6.07, 6.45) is 1.87. The fourth-order valence-corrected chi connectivity index (χ4v) is 1.79. The average molecular weight is 200 g/mol. The number of aliphatic hydroxyl groups is 1. The van der Waals surface area contributed by atoms with Crippen molar-refractivity contribution in [2.45, 2.75) is 38.8 Å². The molecular weight excluding hydrogens is 180 g/mol. The van der Waals surface area contributed by atoms with Crippen molar-refractivity contribution in [2.75, 3.05) is 13.2 Å². The Morgan fingerprint density at radius 3 is 2.79 bits per heavy atom. The number of hydrogen-bond donors (Lipinski definition) is 2. The van der Waals surface area contributed by atoms with Gasteiger partial charge in [-0.05, 0) is 18.8 Å². The molecule has 1 amide bonds. The third-order valence-electron chi connectivity index (χ3n) is 2.87. The van der Waals surface area contributed by atoms with Crippen LogP contribution in [0, 0.1) is 5.92 Å². The van der Waals surface area contributed by atoms with Crippen molar-refractivity contribution < 1.29 is 9.90 Å². The van der Waals surface area contributed by atoms with Gasteiger partial charge in [-0.2, -0.15) is 0 Å². The van der Waals surface area contributed by atoms with Crippen LogP contribution in [-0.4, -0.2) is 41.1 Å². The van der Waals surface area contributed by atoms with Crippen LogP contribution in [0.25, 0.3) is 0 Å². The van der Waals surface area contributed by atoms with Crippen molar-refractivity contribution in [1.82, 2.24) is 4.90 Å². The minimum Gasteiger partial charge on any atom is -0.394 e. The Kier molecular flexibility index (Phi) is 3.89. The predicted octanol–water partition coefficient (Wildman–Crippen LogP) is -0.0470. The second kappa shape index (κ2) is 4.75. The van der Waals surface area contributed by atoms with Crippen molar-refractivity contribution in [2.24, 2.45) is 11.7 Å². The standard InChI is InChI=1S/C10H20N2O2/c1-7(2)9(11)10(14)12-5-3-4-8(12)6-13/h7-9,13H,3-6,11H2,1-2H3/t8-,9?/m0/s1. The van der Waals surface area contributed by atoms with Crippen LogP contribution in [0.5, 0.6) is 0 Å². The lowest BCUT2D eigenvalue weighted by Gasteiger charge is -2.27. The van der Waals surface area contributed by atoms with Gasteiger partial charge in [-0.15, -0.1) is 0 Å². The van der Waals surface area contributed by atoms with Crippen LogP contribution in [0.4, 0.5) is 0 Å². The highest BCUT2D eigenvalue weighted by Gasteiger charge is 2.31. The zero-order valence-corrected chi connectivity index (χ0v) is 8.94. The minimum atomic E-state index is -0.429. The van der Waals surface area contributed by atoms with Gasteiger partial charge in [0.25, 0.3) is 0 Å². The molecule has 1 fully saturated rings. The zero-order chi connectivity index (χ0) is 10.7. The monoisotopic (exact) mass is 200 g/mol. The summed E-state index contributed by atoms with van der Waals surface area (Å²) in [5, 5.41) is 9.07. The third kappa shape index (κ3) is 2.25. The van der Waals surface area contributed by atoms with E-state index in [-0.39, 0.29) is 24.5 Å². The topological polar surface area (TPSA) is 66.6 Å². The summed E-state index contributed by atoms with van der Waals surface area (Å²) >= 11 is 0.